The number of carboxylic acid groups (broad SMARTS) is 1. The van der Waals surface area contributed by atoms with Crippen LogP contribution in [0.2, 0.25) is 0 Å². The minimum absolute atomic E-state index is 0.137. The van der Waals surface area contributed by atoms with Gasteiger partial charge in [-0.25, -0.2) is 9.48 Å². The van der Waals surface area contributed by atoms with E-state index in [-0.39, 0.29) is 19.6 Å². The smallest absolute Gasteiger partial charge is 0.435 e. The van der Waals surface area contributed by atoms with Crippen LogP contribution < -0.4 is 0 Å². The van der Waals surface area contributed by atoms with E-state index in [4.69, 9.17) is 14.6 Å². The Kier molecular flexibility index (Phi) is 5.89. The Morgan fingerprint density at radius 1 is 1.35 bits per heavy atom. The predicted molar refractivity (Wildman–Crippen MR) is 59.3 cm³/mol. The maximum absolute atomic E-state index is 12.8. The lowest BCUT2D eigenvalue weighted by molar-refractivity contribution is -0.144. The zero-order chi connectivity index (χ0) is 15.2. The molecule has 1 aromatic rings. The molecule has 114 valence electrons. The second-order valence-electron chi connectivity index (χ2n) is 3.77. The fraction of sp³-hybridized carbons (Fsp3) is 0.700. The first-order chi connectivity index (χ1) is 9.38. The van der Waals surface area contributed by atoms with Gasteiger partial charge >= 0.3 is 12.1 Å². The number of hydrogen-bond donors (Lipinski definition) is 1. The van der Waals surface area contributed by atoms with E-state index in [0.29, 0.717) is 17.9 Å². The quantitative estimate of drug-likeness (QED) is 0.722. The molecule has 0 aromatic carbocycles. The van der Waals surface area contributed by atoms with E-state index in [1.165, 1.54) is 7.11 Å². The van der Waals surface area contributed by atoms with E-state index in [1.54, 1.807) is 0 Å². The van der Waals surface area contributed by atoms with Crippen molar-refractivity contribution in [3.8, 4) is 0 Å². The summed E-state index contributed by atoms with van der Waals surface area (Å²) in [5, 5.41) is 14.9. The molecule has 0 radical (unpaired) electrons. The summed E-state index contributed by atoms with van der Waals surface area (Å²) >= 11 is 0. The number of aryl methyl sites for hydroxylation is 1. The number of carbonyl (C=O) groups is 1. The minimum Gasteiger partial charge on any atom is -0.476 e. The number of methoxy groups -OCH3 is 1. The summed E-state index contributed by atoms with van der Waals surface area (Å²) in [6, 6.07) is 0. The molecular formula is C10H14F3N3O4. The lowest BCUT2D eigenvalue weighted by Crippen LogP contribution is -2.19. The molecule has 0 aliphatic heterocycles. The van der Waals surface area contributed by atoms with E-state index in [2.05, 4.69) is 10.3 Å². The Bertz CT molecular complexity index is 447. The van der Waals surface area contributed by atoms with Crippen LogP contribution in [0.5, 0.6) is 0 Å². The Morgan fingerprint density at radius 2 is 2.05 bits per heavy atom. The van der Waals surface area contributed by atoms with Gasteiger partial charge in [0.05, 0.1) is 13.2 Å². The van der Waals surface area contributed by atoms with Crippen molar-refractivity contribution >= 4 is 5.97 Å². The Balaban J connectivity index is 2.64. The minimum atomic E-state index is -4.83. The summed E-state index contributed by atoms with van der Waals surface area (Å²) in [6.07, 6.45) is -4.58. The molecule has 0 amide bonds. The van der Waals surface area contributed by atoms with Crippen LogP contribution in [0.25, 0.3) is 0 Å². The highest BCUT2D eigenvalue weighted by atomic mass is 19.4. The Hall–Kier alpha value is -1.68. The van der Waals surface area contributed by atoms with Gasteiger partial charge in [0, 0.05) is 20.3 Å². The molecular weight excluding hydrogens is 283 g/mol. The maximum Gasteiger partial charge on any atom is 0.435 e. The van der Waals surface area contributed by atoms with Gasteiger partial charge in [0.2, 0.25) is 5.69 Å². The van der Waals surface area contributed by atoms with Crippen molar-refractivity contribution in [2.75, 3.05) is 26.9 Å². The number of ether oxygens (including phenoxy) is 2. The molecule has 0 atom stereocenters. The van der Waals surface area contributed by atoms with Crippen LogP contribution in [0.1, 0.15) is 22.6 Å². The van der Waals surface area contributed by atoms with Crippen LogP contribution in [0, 0.1) is 0 Å². The number of aromatic nitrogens is 3. The Labute approximate surface area is 112 Å². The number of alkyl halides is 3. The third kappa shape index (κ3) is 4.46. The first-order valence-electron chi connectivity index (χ1n) is 5.68. The number of rotatable bonds is 8. The van der Waals surface area contributed by atoms with Crippen molar-refractivity contribution in [1.82, 2.24) is 15.0 Å². The van der Waals surface area contributed by atoms with Crippen LogP contribution >= 0.6 is 0 Å². The molecule has 0 unspecified atom stereocenters. The van der Waals surface area contributed by atoms with Crippen molar-refractivity contribution in [2.24, 2.45) is 0 Å². The third-order valence-corrected chi connectivity index (χ3v) is 2.30. The van der Waals surface area contributed by atoms with E-state index in [1.807, 2.05) is 0 Å². The average molecular weight is 297 g/mol. The lowest BCUT2D eigenvalue weighted by atomic mass is 10.3. The number of carboxylic acids is 1. The van der Waals surface area contributed by atoms with Crippen LogP contribution in [-0.4, -0.2) is 53.0 Å². The first kappa shape index (κ1) is 16.4. The van der Waals surface area contributed by atoms with Crippen molar-refractivity contribution in [2.45, 2.75) is 19.1 Å². The van der Waals surface area contributed by atoms with Gasteiger partial charge in [0.1, 0.15) is 0 Å². The molecule has 10 heteroatoms. The second-order valence-corrected chi connectivity index (χ2v) is 3.77. The standard InChI is InChI=1S/C10H14F3N3O4/c1-19-5-6-20-4-2-3-16-8(10(11,12)13)7(9(17)18)14-15-16/h2-6H2,1H3,(H,17,18). The molecule has 0 saturated heterocycles. The van der Waals surface area contributed by atoms with Gasteiger partial charge in [-0.15, -0.1) is 5.10 Å². The van der Waals surface area contributed by atoms with Crippen molar-refractivity contribution in [3.05, 3.63) is 11.4 Å². The van der Waals surface area contributed by atoms with Crippen molar-refractivity contribution in [1.29, 1.82) is 0 Å². The fourth-order valence-corrected chi connectivity index (χ4v) is 1.45. The normalized spacial score (nSPS) is 11.8. The fourth-order valence-electron chi connectivity index (χ4n) is 1.45. The highest BCUT2D eigenvalue weighted by Crippen LogP contribution is 2.31. The molecule has 0 spiro atoms. The number of hydrogen-bond acceptors (Lipinski definition) is 5. The summed E-state index contributed by atoms with van der Waals surface area (Å²) in [5.41, 5.74) is -2.46. The zero-order valence-electron chi connectivity index (χ0n) is 10.7. The maximum atomic E-state index is 12.8. The molecule has 0 bridgehead atoms. The van der Waals surface area contributed by atoms with Crippen molar-refractivity contribution in [3.63, 3.8) is 0 Å². The van der Waals surface area contributed by atoms with Gasteiger partial charge in [-0.3, -0.25) is 0 Å². The van der Waals surface area contributed by atoms with Crippen molar-refractivity contribution < 1.29 is 32.5 Å². The van der Waals surface area contributed by atoms with Gasteiger partial charge in [-0.2, -0.15) is 13.2 Å². The highest BCUT2D eigenvalue weighted by Gasteiger charge is 2.41. The van der Waals surface area contributed by atoms with Gasteiger partial charge in [-0.1, -0.05) is 5.21 Å². The van der Waals surface area contributed by atoms with E-state index >= 15 is 0 Å². The van der Waals surface area contributed by atoms with E-state index in [9.17, 15) is 18.0 Å². The van der Waals surface area contributed by atoms with Gasteiger partial charge in [0.15, 0.2) is 5.69 Å². The SMILES string of the molecule is COCCOCCCn1nnc(C(=O)O)c1C(F)(F)F. The number of nitrogens with zero attached hydrogens (tertiary/aromatic N) is 3. The largest absolute Gasteiger partial charge is 0.476 e. The van der Waals surface area contributed by atoms with Crippen LogP contribution in [0.3, 0.4) is 0 Å². The topological polar surface area (TPSA) is 86.5 Å². The third-order valence-electron chi connectivity index (χ3n) is 2.30. The van der Waals surface area contributed by atoms with Crippen LogP contribution in [0.15, 0.2) is 0 Å². The molecule has 1 aromatic heterocycles. The van der Waals surface area contributed by atoms with Crippen LogP contribution in [-0.2, 0) is 22.2 Å². The molecule has 1 heterocycles. The first-order valence-corrected chi connectivity index (χ1v) is 5.68. The van der Waals surface area contributed by atoms with Gasteiger partial charge in [-0.05, 0) is 6.42 Å². The summed E-state index contributed by atoms with van der Waals surface area (Å²) in [4.78, 5) is 10.7. The molecule has 0 aliphatic rings. The molecule has 1 N–H and O–H groups in total. The molecule has 0 fully saturated rings. The second kappa shape index (κ2) is 7.20. The monoisotopic (exact) mass is 297 g/mol. The van der Waals surface area contributed by atoms with Crippen LogP contribution in [0.4, 0.5) is 13.2 Å². The van der Waals surface area contributed by atoms with E-state index in [0.717, 1.165) is 0 Å². The highest BCUT2D eigenvalue weighted by molar-refractivity contribution is 5.86. The zero-order valence-corrected chi connectivity index (χ0v) is 10.7. The summed E-state index contributed by atoms with van der Waals surface area (Å²) in [5.74, 6) is -1.76. The number of halogens is 3. The lowest BCUT2D eigenvalue weighted by Gasteiger charge is -2.10. The molecule has 0 saturated carbocycles. The predicted octanol–water partition coefficient (Wildman–Crippen LogP) is 1.05. The van der Waals surface area contributed by atoms with E-state index < -0.39 is 23.5 Å². The average Bonchev–Trinajstić information content (AvgIpc) is 2.77. The molecule has 20 heavy (non-hydrogen) atoms. The molecule has 7 nitrogen and oxygen atoms in total. The summed E-state index contributed by atoms with van der Waals surface area (Å²) < 4.78 is 48.7. The van der Waals surface area contributed by atoms with Gasteiger partial charge < -0.3 is 14.6 Å². The summed E-state index contributed by atoms with van der Waals surface area (Å²) in [7, 11) is 1.50. The molecule has 1 rings (SSSR count). The summed E-state index contributed by atoms with van der Waals surface area (Å²) in [6.45, 7) is 0.797. The van der Waals surface area contributed by atoms with Gasteiger partial charge in [0.25, 0.3) is 0 Å². The molecule has 0 aliphatic carbocycles. The number of aromatic carboxylic acids is 1. The Morgan fingerprint density at radius 3 is 2.60 bits per heavy atom.